The summed E-state index contributed by atoms with van der Waals surface area (Å²) in [6.45, 7) is 1.60. The number of hydrogen-bond acceptors (Lipinski definition) is 5. The van der Waals surface area contributed by atoms with Gasteiger partial charge >= 0.3 is 0 Å². The Kier molecular flexibility index (Phi) is 4.62. The molecule has 1 unspecified atom stereocenters. The highest BCUT2D eigenvalue weighted by molar-refractivity contribution is 7.92. The zero-order valence-electron chi connectivity index (χ0n) is 11.7. The van der Waals surface area contributed by atoms with Crippen LogP contribution < -0.4 is 5.32 Å². The second-order valence-corrected chi connectivity index (χ2v) is 7.37. The molecule has 0 spiro atoms. The quantitative estimate of drug-likeness (QED) is 0.505. The summed E-state index contributed by atoms with van der Waals surface area (Å²) in [5.74, 6) is -0.461. The van der Waals surface area contributed by atoms with Gasteiger partial charge in [0.25, 0.3) is 0 Å². The van der Waals surface area contributed by atoms with E-state index in [4.69, 9.17) is 5.21 Å². The number of amides is 1. The normalized spacial score (nSPS) is 21.8. The highest BCUT2D eigenvalue weighted by atomic mass is 32.2. The molecule has 2 rings (SSSR count). The van der Waals surface area contributed by atoms with Crippen molar-refractivity contribution in [3.63, 3.8) is 0 Å². The van der Waals surface area contributed by atoms with Crippen LogP contribution in [0.25, 0.3) is 0 Å². The first-order valence-electron chi connectivity index (χ1n) is 6.76. The van der Waals surface area contributed by atoms with Crippen molar-refractivity contribution < 1.29 is 18.4 Å². The molecule has 0 aliphatic carbocycles. The minimum absolute atomic E-state index is 0.0594. The third kappa shape index (κ3) is 3.41. The third-order valence-electron chi connectivity index (χ3n) is 3.60. The van der Waals surface area contributed by atoms with E-state index in [0.29, 0.717) is 29.8 Å². The number of para-hydroxylation sites is 1. The lowest BCUT2D eigenvalue weighted by Gasteiger charge is -2.22. The van der Waals surface area contributed by atoms with Gasteiger partial charge in [-0.3, -0.25) is 4.79 Å². The molecule has 1 fully saturated rings. The van der Waals surface area contributed by atoms with Gasteiger partial charge < -0.3 is 10.5 Å². The van der Waals surface area contributed by atoms with Gasteiger partial charge in [0.05, 0.1) is 11.5 Å². The van der Waals surface area contributed by atoms with Crippen LogP contribution in [0, 0.1) is 0 Å². The number of anilines is 1. The van der Waals surface area contributed by atoms with Gasteiger partial charge in [-0.2, -0.15) is 0 Å². The van der Waals surface area contributed by atoms with E-state index in [1.165, 1.54) is 0 Å². The summed E-state index contributed by atoms with van der Waals surface area (Å²) in [6, 6.07) is 6.81. The summed E-state index contributed by atoms with van der Waals surface area (Å²) in [6.07, 6.45) is 1.69. The van der Waals surface area contributed by atoms with E-state index in [1.54, 1.807) is 31.2 Å². The molecule has 2 N–H and O–H groups in total. The van der Waals surface area contributed by atoms with Gasteiger partial charge in [0.2, 0.25) is 5.91 Å². The van der Waals surface area contributed by atoms with E-state index in [1.807, 2.05) is 0 Å². The number of nitrogens with one attached hydrogen (secondary N) is 1. The maximum absolute atomic E-state index is 12.3. The number of benzene rings is 1. The number of oxime groups is 1. The lowest BCUT2D eigenvalue weighted by molar-refractivity contribution is -0.116. The van der Waals surface area contributed by atoms with Crippen LogP contribution in [-0.2, 0) is 14.6 Å². The molecule has 1 aromatic rings. The molecule has 1 aromatic carbocycles. The number of carbonyl (C=O) groups is 1. The smallest absolute Gasteiger partial charge is 0.242 e. The van der Waals surface area contributed by atoms with Gasteiger partial charge in [-0.25, -0.2) is 8.42 Å². The van der Waals surface area contributed by atoms with Crippen LogP contribution in [0.4, 0.5) is 5.69 Å². The molecule has 1 atom stereocenters. The third-order valence-corrected chi connectivity index (χ3v) is 5.77. The summed E-state index contributed by atoms with van der Waals surface area (Å²) in [5.41, 5.74) is 1.34. The van der Waals surface area contributed by atoms with Crippen molar-refractivity contribution in [3.05, 3.63) is 29.8 Å². The molecule has 0 radical (unpaired) electrons. The first kappa shape index (κ1) is 15.5. The summed E-state index contributed by atoms with van der Waals surface area (Å²) in [4.78, 5) is 12.3. The lowest BCUT2D eigenvalue weighted by atomic mass is 10.1. The van der Waals surface area contributed by atoms with Crippen LogP contribution in [0.3, 0.4) is 0 Å². The summed E-state index contributed by atoms with van der Waals surface area (Å²) < 4.78 is 23.9. The molecule has 114 valence electrons. The largest absolute Gasteiger partial charge is 0.411 e. The first-order chi connectivity index (χ1) is 9.95. The zero-order valence-corrected chi connectivity index (χ0v) is 12.6. The fraction of sp³-hybridized carbons (Fsp3) is 0.429. The second kappa shape index (κ2) is 6.26. The van der Waals surface area contributed by atoms with Crippen LogP contribution in [0.15, 0.2) is 29.4 Å². The highest BCUT2D eigenvalue weighted by Crippen LogP contribution is 2.22. The predicted octanol–water partition coefficient (Wildman–Crippen LogP) is 1.79. The van der Waals surface area contributed by atoms with Crippen molar-refractivity contribution in [1.29, 1.82) is 0 Å². The molecule has 1 saturated heterocycles. The Balaban J connectivity index is 2.24. The predicted molar refractivity (Wildman–Crippen MR) is 80.5 cm³/mol. The number of carbonyl (C=O) groups excluding carboxylic acids is 1. The Labute approximate surface area is 123 Å². The van der Waals surface area contributed by atoms with E-state index in [-0.39, 0.29) is 5.75 Å². The lowest BCUT2D eigenvalue weighted by Crippen LogP contribution is -2.39. The van der Waals surface area contributed by atoms with E-state index < -0.39 is 21.0 Å². The first-order valence-corrected chi connectivity index (χ1v) is 8.48. The minimum atomic E-state index is -3.37. The molecule has 1 aliphatic heterocycles. The Morgan fingerprint density at radius 2 is 2.05 bits per heavy atom. The topological polar surface area (TPSA) is 95.8 Å². The molecule has 0 aromatic heterocycles. The maximum Gasteiger partial charge on any atom is 0.242 e. The van der Waals surface area contributed by atoms with Crippen LogP contribution >= 0.6 is 0 Å². The molecular formula is C14H18N2O4S. The molecular weight excluding hydrogens is 292 g/mol. The standard InChI is InChI=1S/C14H18N2O4S/c1-10(16-18)11-6-2-3-7-12(11)15-14(17)13-8-4-5-9-21(13,19)20/h2-3,6-7,13,18H,4-5,8-9H2,1H3,(H,15,17)/b16-10-. The minimum Gasteiger partial charge on any atom is -0.411 e. The van der Waals surface area contributed by atoms with Crippen molar-refractivity contribution in [2.45, 2.75) is 31.4 Å². The highest BCUT2D eigenvalue weighted by Gasteiger charge is 2.35. The number of sulfone groups is 1. The van der Waals surface area contributed by atoms with Crippen molar-refractivity contribution >= 4 is 27.1 Å². The Hall–Kier alpha value is -1.89. The van der Waals surface area contributed by atoms with Crippen molar-refractivity contribution in [3.8, 4) is 0 Å². The fourth-order valence-corrected chi connectivity index (χ4v) is 4.23. The molecule has 1 aliphatic rings. The maximum atomic E-state index is 12.3. The van der Waals surface area contributed by atoms with Crippen LogP contribution in [0.1, 0.15) is 31.7 Å². The van der Waals surface area contributed by atoms with Gasteiger partial charge in [-0.15, -0.1) is 0 Å². The average Bonchev–Trinajstić information content (AvgIpc) is 2.46. The number of rotatable bonds is 3. The fourth-order valence-electron chi connectivity index (χ4n) is 2.42. The van der Waals surface area contributed by atoms with Crippen LogP contribution in [0.5, 0.6) is 0 Å². The van der Waals surface area contributed by atoms with E-state index >= 15 is 0 Å². The van der Waals surface area contributed by atoms with Gasteiger partial charge in [0.1, 0.15) is 5.25 Å². The van der Waals surface area contributed by atoms with E-state index in [9.17, 15) is 13.2 Å². The zero-order chi connectivity index (χ0) is 15.5. The van der Waals surface area contributed by atoms with E-state index in [2.05, 4.69) is 10.5 Å². The molecule has 1 amide bonds. The molecule has 0 bridgehead atoms. The molecule has 21 heavy (non-hydrogen) atoms. The molecule has 0 saturated carbocycles. The van der Waals surface area contributed by atoms with Gasteiger partial charge in [-0.1, -0.05) is 29.8 Å². The van der Waals surface area contributed by atoms with Gasteiger partial charge in [-0.05, 0) is 25.8 Å². The summed E-state index contributed by atoms with van der Waals surface area (Å²) >= 11 is 0. The number of nitrogens with zero attached hydrogens (tertiary/aromatic N) is 1. The van der Waals surface area contributed by atoms with Crippen molar-refractivity contribution in [1.82, 2.24) is 0 Å². The van der Waals surface area contributed by atoms with Crippen LogP contribution in [-0.4, -0.2) is 36.2 Å². The van der Waals surface area contributed by atoms with E-state index in [0.717, 1.165) is 6.42 Å². The SMILES string of the molecule is C/C(=N/O)c1ccccc1NC(=O)C1CCCCS1(=O)=O. The van der Waals surface area contributed by atoms with Gasteiger partial charge in [0, 0.05) is 11.3 Å². The summed E-state index contributed by atoms with van der Waals surface area (Å²) in [7, 11) is -3.37. The Morgan fingerprint density at radius 1 is 1.33 bits per heavy atom. The van der Waals surface area contributed by atoms with Crippen molar-refractivity contribution in [2.75, 3.05) is 11.1 Å². The molecule has 1 heterocycles. The number of hydrogen-bond donors (Lipinski definition) is 2. The Morgan fingerprint density at radius 3 is 2.71 bits per heavy atom. The van der Waals surface area contributed by atoms with Gasteiger partial charge in [0.15, 0.2) is 9.84 Å². The second-order valence-electron chi connectivity index (χ2n) is 5.07. The van der Waals surface area contributed by atoms with Crippen molar-refractivity contribution in [2.24, 2.45) is 5.16 Å². The average molecular weight is 310 g/mol. The van der Waals surface area contributed by atoms with Crippen LogP contribution in [0.2, 0.25) is 0 Å². The summed E-state index contributed by atoms with van der Waals surface area (Å²) in [5, 5.41) is 13.6. The molecule has 7 heteroatoms. The monoisotopic (exact) mass is 310 g/mol. The molecule has 6 nitrogen and oxygen atoms in total. The Bertz CT molecular complexity index is 667.